The molecule has 1 unspecified atom stereocenters. The third kappa shape index (κ3) is 4.20. The number of carbonyl (C=O) groups excluding carboxylic acids is 2. The molecule has 1 amide bonds. The normalized spacial score (nSPS) is 17.8. The number of benzene rings is 4. The van der Waals surface area contributed by atoms with Gasteiger partial charge in [-0.2, -0.15) is 0 Å². The number of aryl methyl sites for hydroxylation is 1. The van der Waals surface area contributed by atoms with Crippen LogP contribution in [0.4, 0.5) is 5.69 Å². The molecule has 38 heavy (non-hydrogen) atoms. The van der Waals surface area contributed by atoms with Crippen LogP contribution in [-0.2, 0) is 16.0 Å². The third-order valence-corrected chi connectivity index (χ3v) is 6.84. The lowest BCUT2D eigenvalue weighted by atomic mass is 9.94. The van der Waals surface area contributed by atoms with Gasteiger partial charge in [0.25, 0.3) is 11.7 Å². The van der Waals surface area contributed by atoms with Gasteiger partial charge in [-0.15, -0.1) is 0 Å². The molecule has 0 aromatic heterocycles. The van der Waals surface area contributed by atoms with E-state index in [4.69, 9.17) is 9.47 Å². The molecule has 2 aliphatic heterocycles. The van der Waals surface area contributed by atoms with Crippen molar-refractivity contribution in [3.63, 3.8) is 0 Å². The lowest BCUT2D eigenvalue weighted by Gasteiger charge is -2.26. The summed E-state index contributed by atoms with van der Waals surface area (Å²) in [5.74, 6) is 0.341. The molecule has 6 rings (SSSR count). The second-order valence-electron chi connectivity index (χ2n) is 9.42. The Balaban J connectivity index is 1.50. The Morgan fingerprint density at radius 1 is 0.895 bits per heavy atom. The number of nitrogens with zero attached hydrogens (tertiary/aromatic N) is 1. The maximum atomic E-state index is 13.5. The number of fused-ring (bicyclic) bond motifs is 1. The van der Waals surface area contributed by atoms with E-state index in [9.17, 15) is 14.7 Å². The molecule has 0 saturated carbocycles. The van der Waals surface area contributed by atoms with Crippen molar-refractivity contribution in [1.29, 1.82) is 0 Å². The van der Waals surface area contributed by atoms with Crippen molar-refractivity contribution < 1.29 is 24.2 Å². The van der Waals surface area contributed by atoms with Crippen LogP contribution >= 0.6 is 0 Å². The summed E-state index contributed by atoms with van der Waals surface area (Å²) in [6.07, 6.45) is 0.719. The zero-order valence-electron chi connectivity index (χ0n) is 20.8. The van der Waals surface area contributed by atoms with Gasteiger partial charge < -0.3 is 14.6 Å². The molecule has 0 spiro atoms. The summed E-state index contributed by atoms with van der Waals surface area (Å²) in [5, 5.41) is 11.5. The summed E-state index contributed by atoms with van der Waals surface area (Å²) in [4.78, 5) is 28.5. The molecule has 1 saturated heterocycles. The Hall–Kier alpha value is -4.84. The average molecular weight is 504 g/mol. The number of ketones is 1. The highest BCUT2D eigenvalue weighted by molar-refractivity contribution is 6.51. The fourth-order valence-corrected chi connectivity index (χ4v) is 5.05. The first-order valence-corrected chi connectivity index (χ1v) is 12.5. The van der Waals surface area contributed by atoms with E-state index < -0.39 is 17.7 Å². The van der Waals surface area contributed by atoms with E-state index in [0.717, 1.165) is 23.3 Å². The van der Waals surface area contributed by atoms with Crippen LogP contribution in [0.1, 0.15) is 28.3 Å². The molecule has 0 bridgehead atoms. The van der Waals surface area contributed by atoms with Crippen LogP contribution in [0.3, 0.4) is 0 Å². The topological polar surface area (TPSA) is 76.1 Å². The standard InChI is InChI=1S/C32H25NO5/c1-20-7-5-9-24(17-20)33-29(22-8-6-12-26(19-22)38-25-10-3-2-4-11-25)28(31(35)32(33)36)30(34)23-13-14-27-21(18-23)15-16-37-27/h2-14,17-19,29,34H,15-16H2,1H3/b30-28-. The van der Waals surface area contributed by atoms with E-state index in [-0.39, 0.29) is 11.3 Å². The molecule has 188 valence electrons. The quantitative estimate of drug-likeness (QED) is 0.195. The SMILES string of the molecule is Cc1cccc(N2C(=O)C(=O)/C(=C(\O)c3ccc4c(c3)CCO4)C2c2cccc(Oc3ccccc3)c2)c1. The van der Waals surface area contributed by atoms with Gasteiger partial charge in [0, 0.05) is 17.7 Å². The number of aliphatic hydroxyl groups excluding tert-OH is 1. The maximum absolute atomic E-state index is 13.5. The van der Waals surface area contributed by atoms with E-state index in [2.05, 4.69) is 0 Å². The molecule has 1 fully saturated rings. The molecule has 2 heterocycles. The predicted octanol–water partition coefficient (Wildman–Crippen LogP) is 6.35. The number of aliphatic hydroxyl groups is 1. The zero-order valence-corrected chi connectivity index (χ0v) is 20.8. The fourth-order valence-electron chi connectivity index (χ4n) is 5.05. The van der Waals surface area contributed by atoms with E-state index in [0.29, 0.717) is 34.9 Å². The molecule has 1 atom stereocenters. The minimum Gasteiger partial charge on any atom is -0.507 e. The van der Waals surface area contributed by atoms with Crippen molar-refractivity contribution in [1.82, 2.24) is 0 Å². The second kappa shape index (κ2) is 9.56. The molecule has 0 radical (unpaired) electrons. The van der Waals surface area contributed by atoms with Gasteiger partial charge in [0.2, 0.25) is 0 Å². The van der Waals surface area contributed by atoms with Crippen LogP contribution in [0.25, 0.3) is 5.76 Å². The number of hydrogen-bond acceptors (Lipinski definition) is 5. The lowest BCUT2D eigenvalue weighted by Crippen LogP contribution is -2.29. The Bertz CT molecular complexity index is 1590. The summed E-state index contributed by atoms with van der Waals surface area (Å²) in [6.45, 7) is 2.50. The van der Waals surface area contributed by atoms with Gasteiger partial charge in [0.05, 0.1) is 18.2 Å². The van der Waals surface area contributed by atoms with Crippen LogP contribution < -0.4 is 14.4 Å². The van der Waals surface area contributed by atoms with Gasteiger partial charge >= 0.3 is 0 Å². The molecule has 1 N–H and O–H groups in total. The Kier molecular flexibility index (Phi) is 5.92. The van der Waals surface area contributed by atoms with Gasteiger partial charge in [-0.25, -0.2) is 0 Å². The first-order valence-electron chi connectivity index (χ1n) is 12.5. The average Bonchev–Trinajstić information content (AvgIpc) is 3.51. The molecule has 4 aromatic rings. The van der Waals surface area contributed by atoms with Crippen LogP contribution in [0, 0.1) is 6.92 Å². The molecule has 2 aliphatic rings. The summed E-state index contributed by atoms with van der Waals surface area (Å²) >= 11 is 0. The fraction of sp³-hybridized carbons (Fsp3) is 0.125. The van der Waals surface area contributed by atoms with Crippen molar-refractivity contribution in [2.75, 3.05) is 11.5 Å². The third-order valence-electron chi connectivity index (χ3n) is 6.84. The number of hydrogen-bond donors (Lipinski definition) is 1. The summed E-state index contributed by atoms with van der Waals surface area (Å²) in [6, 6.07) is 28.5. The highest BCUT2D eigenvalue weighted by Gasteiger charge is 2.47. The van der Waals surface area contributed by atoms with Crippen molar-refractivity contribution in [3.05, 3.63) is 125 Å². The van der Waals surface area contributed by atoms with Crippen molar-refractivity contribution in [3.8, 4) is 17.2 Å². The molecule has 6 heteroatoms. The van der Waals surface area contributed by atoms with Crippen molar-refractivity contribution >= 4 is 23.1 Å². The lowest BCUT2D eigenvalue weighted by molar-refractivity contribution is -0.132. The zero-order chi connectivity index (χ0) is 26.2. The van der Waals surface area contributed by atoms with Gasteiger partial charge in [0.15, 0.2) is 0 Å². The number of para-hydroxylation sites is 1. The minimum atomic E-state index is -0.847. The number of rotatable bonds is 5. The van der Waals surface area contributed by atoms with Gasteiger partial charge in [-0.1, -0.05) is 42.5 Å². The number of carbonyl (C=O) groups is 2. The highest BCUT2D eigenvalue weighted by atomic mass is 16.5. The van der Waals surface area contributed by atoms with Crippen molar-refractivity contribution in [2.45, 2.75) is 19.4 Å². The van der Waals surface area contributed by atoms with Crippen LogP contribution in [0.5, 0.6) is 17.2 Å². The molecule has 4 aromatic carbocycles. The molecular weight excluding hydrogens is 478 g/mol. The van der Waals surface area contributed by atoms with Crippen LogP contribution in [-0.4, -0.2) is 23.4 Å². The number of Topliss-reactive ketones (excluding diaryl/α,β-unsaturated/α-hetero) is 1. The van der Waals surface area contributed by atoms with Crippen LogP contribution in [0.2, 0.25) is 0 Å². The van der Waals surface area contributed by atoms with E-state index in [1.54, 1.807) is 24.3 Å². The number of anilines is 1. The van der Waals surface area contributed by atoms with E-state index in [1.807, 2.05) is 79.7 Å². The Labute approximate surface area is 220 Å². The van der Waals surface area contributed by atoms with Crippen LogP contribution in [0.15, 0.2) is 103 Å². The van der Waals surface area contributed by atoms with Gasteiger partial charge in [-0.05, 0) is 78.2 Å². The summed E-state index contributed by atoms with van der Waals surface area (Å²) < 4.78 is 11.6. The Morgan fingerprint density at radius 2 is 1.68 bits per heavy atom. The first-order chi connectivity index (χ1) is 18.5. The van der Waals surface area contributed by atoms with E-state index in [1.165, 1.54) is 4.90 Å². The minimum absolute atomic E-state index is 0.0345. The van der Waals surface area contributed by atoms with E-state index >= 15 is 0 Å². The van der Waals surface area contributed by atoms with Gasteiger partial charge in [0.1, 0.15) is 23.0 Å². The predicted molar refractivity (Wildman–Crippen MR) is 145 cm³/mol. The smallest absolute Gasteiger partial charge is 0.300 e. The Morgan fingerprint density at radius 3 is 2.50 bits per heavy atom. The first kappa shape index (κ1) is 23.6. The van der Waals surface area contributed by atoms with Crippen molar-refractivity contribution in [2.24, 2.45) is 0 Å². The monoisotopic (exact) mass is 503 g/mol. The summed E-state index contributed by atoms with van der Waals surface area (Å²) in [7, 11) is 0. The second-order valence-corrected chi connectivity index (χ2v) is 9.42. The number of ether oxygens (including phenoxy) is 2. The largest absolute Gasteiger partial charge is 0.507 e. The molecular formula is C32H25NO5. The number of amides is 1. The molecule has 0 aliphatic carbocycles. The highest BCUT2D eigenvalue weighted by Crippen LogP contribution is 2.43. The summed E-state index contributed by atoms with van der Waals surface area (Å²) in [5.41, 5.74) is 3.63. The molecule has 6 nitrogen and oxygen atoms in total. The van der Waals surface area contributed by atoms with Gasteiger partial charge in [-0.3, -0.25) is 14.5 Å². The maximum Gasteiger partial charge on any atom is 0.300 e.